The summed E-state index contributed by atoms with van der Waals surface area (Å²) in [5.41, 5.74) is 2.81. The fraction of sp³-hybridized carbons (Fsp3) is 0.143. The van der Waals surface area contributed by atoms with E-state index in [2.05, 4.69) is 16.0 Å². The Morgan fingerprint density at radius 2 is 2.07 bits per heavy atom. The highest BCUT2D eigenvalue weighted by Gasteiger charge is 2.20. The van der Waals surface area contributed by atoms with Crippen molar-refractivity contribution in [1.82, 2.24) is 15.0 Å². The normalized spacial score (nSPS) is 12.1. The molecule has 7 heteroatoms. The fourth-order valence-electron chi connectivity index (χ4n) is 3.02. The molecule has 0 aliphatic heterocycles. The van der Waals surface area contributed by atoms with Gasteiger partial charge in [0.05, 0.1) is 17.3 Å². The van der Waals surface area contributed by atoms with Crippen LogP contribution in [0.1, 0.15) is 34.7 Å². The van der Waals surface area contributed by atoms with E-state index in [1.54, 1.807) is 30.5 Å². The summed E-state index contributed by atoms with van der Waals surface area (Å²) in [6.07, 6.45) is 1.44. The zero-order chi connectivity index (χ0) is 19.7. The Balaban J connectivity index is 1.83. The highest BCUT2D eigenvalue weighted by atomic mass is 35.5. The average Bonchev–Trinajstić information content (AvgIpc) is 3.17. The molecule has 0 saturated heterocycles. The smallest absolute Gasteiger partial charge is 0.161 e. The molecular formula is C21H15ClN4OS. The van der Waals surface area contributed by atoms with Crippen LogP contribution >= 0.6 is 22.9 Å². The summed E-state index contributed by atoms with van der Waals surface area (Å²) in [5, 5.41) is 21.1. The molecule has 3 heterocycles. The minimum Gasteiger partial charge on any atom is -0.383 e. The molecule has 1 atom stereocenters. The van der Waals surface area contributed by atoms with Gasteiger partial charge < -0.3 is 5.11 Å². The van der Waals surface area contributed by atoms with Crippen LogP contribution in [0.5, 0.6) is 0 Å². The predicted octanol–water partition coefficient (Wildman–Crippen LogP) is 4.92. The van der Waals surface area contributed by atoms with Gasteiger partial charge in [-0.25, -0.2) is 15.0 Å². The highest BCUT2D eigenvalue weighted by molar-refractivity contribution is 7.18. The molecule has 1 N–H and O–H groups in total. The van der Waals surface area contributed by atoms with E-state index in [4.69, 9.17) is 21.8 Å². The maximum absolute atomic E-state index is 10.8. The topological polar surface area (TPSA) is 82.7 Å². The SMILES string of the molecule is CCc1nc(-c2cccc(C#N)c2)nc2sc(C(O)c3cccnc3Cl)cc12. The van der Waals surface area contributed by atoms with Gasteiger partial charge in [0.1, 0.15) is 16.1 Å². The van der Waals surface area contributed by atoms with Gasteiger partial charge in [0.15, 0.2) is 5.82 Å². The summed E-state index contributed by atoms with van der Waals surface area (Å²) in [5.74, 6) is 0.573. The van der Waals surface area contributed by atoms with E-state index in [-0.39, 0.29) is 5.15 Å². The first kappa shape index (κ1) is 18.5. The second-order valence-corrected chi connectivity index (χ2v) is 7.61. The van der Waals surface area contributed by atoms with Crippen molar-refractivity contribution in [3.63, 3.8) is 0 Å². The quantitative estimate of drug-likeness (QED) is 0.486. The molecule has 0 aliphatic carbocycles. The number of aromatic nitrogens is 3. The first-order valence-electron chi connectivity index (χ1n) is 8.70. The lowest BCUT2D eigenvalue weighted by Crippen LogP contribution is -1.98. The van der Waals surface area contributed by atoms with Crippen molar-refractivity contribution < 1.29 is 5.11 Å². The molecule has 5 nitrogen and oxygen atoms in total. The Morgan fingerprint density at radius 3 is 2.82 bits per heavy atom. The molecule has 0 radical (unpaired) electrons. The van der Waals surface area contributed by atoms with Crippen molar-refractivity contribution in [2.75, 3.05) is 0 Å². The number of hydrogen-bond donors (Lipinski definition) is 1. The third-order valence-corrected chi connectivity index (χ3v) is 5.82. The number of aryl methyl sites for hydroxylation is 1. The lowest BCUT2D eigenvalue weighted by molar-refractivity contribution is 0.224. The largest absolute Gasteiger partial charge is 0.383 e. The molecule has 3 aromatic heterocycles. The second kappa shape index (κ2) is 7.64. The van der Waals surface area contributed by atoms with E-state index in [0.717, 1.165) is 32.8 Å². The Bertz CT molecular complexity index is 1210. The van der Waals surface area contributed by atoms with Gasteiger partial charge in [0.25, 0.3) is 0 Å². The molecule has 0 amide bonds. The minimum absolute atomic E-state index is 0.281. The van der Waals surface area contributed by atoms with Crippen LogP contribution in [0.15, 0.2) is 48.7 Å². The summed E-state index contributed by atoms with van der Waals surface area (Å²) >= 11 is 7.54. The summed E-state index contributed by atoms with van der Waals surface area (Å²) in [6, 6.07) is 14.8. The van der Waals surface area contributed by atoms with E-state index in [1.165, 1.54) is 11.3 Å². The lowest BCUT2D eigenvalue weighted by Gasteiger charge is -2.09. The Morgan fingerprint density at radius 1 is 1.21 bits per heavy atom. The number of nitrogens with zero attached hydrogens (tertiary/aromatic N) is 4. The maximum atomic E-state index is 10.8. The Kier molecular flexibility index (Phi) is 5.05. The van der Waals surface area contributed by atoms with E-state index >= 15 is 0 Å². The second-order valence-electron chi connectivity index (χ2n) is 6.19. The third kappa shape index (κ3) is 3.36. The van der Waals surface area contributed by atoms with E-state index in [1.807, 2.05) is 25.1 Å². The molecule has 0 bridgehead atoms. The lowest BCUT2D eigenvalue weighted by atomic mass is 10.1. The van der Waals surface area contributed by atoms with E-state index in [0.29, 0.717) is 17.0 Å². The van der Waals surface area contributed by atoms with Crippen LogP contribution in [0.25, 0.3) is 21.6 Å². The fourth-order valence-corrected chi connectivity index (χ4v) is 4.30. The Labute approximate surface area is 170 Å². The number of hydrogen-bond acceptors (Lipinski definition) is 6. The van der Waals surface area contributed by atoms with E-state index in [9.17, 15) is 5.11 Å². The number of aliphatic hydroxyl groups is 1. The van der Waals surface area contributed by atoms with Gasteiger partial charge in [0.2, 0.25) is 0 Å². The van der Waals surface area contributed by atoms with Crippen LogP contribution in [0, 0.1) is 11.3 Å². The zero-order valence-electron chi connectivity index (χ0n) is 14.9. The highest BCUT2D eigenvalue weighted by Crippen LogP contribution is 2.36. The molecule has 28 heavy (non-hydrogen) atoms. The van der Waals surface area contributed by atoms with Crippen molar-refractivity contribution in [3.05, 3.63) is 75.5 Å². The molecule has 138 valence electrons. The van der Waals surface area contributed by atoms with Gasteiger partial charge in [-0.1, -0.05) is 36.7 Å². The van der Waals surface area contributed by atoms with Gasteiger partial charge >= 0.3 is 0 Å². The molecule has 4 aromatic rings. The Hall–Kier alpha value is -2.85. The number of thiophene rings is 1. The van der Waals surface area contributed by atoms with Crippen molar-refractivity contribution in [2.45, 2.75) is 19.4 Å². The van der Waals surface area contributed by atoms with Crippen LogP contribution in [0.3, 0.4) is 0 Å². The first-order chi connectivity index (χ1) is 13.6. The average molecular weight is 407 g/mol. The van der Waals surface area contributed by atoms with Crippen molar-refractivity contribution in [1.29, 1.82) is 5.26 Å². The van der Waals surface area contributed by atoms with Crippen LogP contribution in [-0.4, -0.2) is 20.1 Å². The van der Waals surface area contributed by atoms with Gasteiger partial charge in [0, 0.05) is 27.6 Å². The summed E-state index contributed by atoms with van der Waals surface area (Å²) in [6.45, 7) is 2.03. The monoisotopic (exact) mass is 406 g/mol. The summed E-state index contributed by atoms with van der Waals surface area (Å²) in [4.78, 5) is 14.9. The predicted molar refractivity (Wildman–Crippen MR) is 110 cm³/mol. The minimum atomic E-state index is -0.879. The van der Waals surface area contributed by atoms with Crippen molar-refractivity contribution >= 4 is 33.2 Å². The molecule has 4 rings (SSSR count). The van der Waals surface area contributed by atoms with Crippen LogP contribution in [-0.2, 0) is 6.42 Å². The number of pyridine rings is 1. The van der Waals surface area contributed by atoms with Crippen molar-refractivity contribution in [2.24, 2.45) is 0 Å². The van der Waals surface area contributed by atoms with Gasteiger partial charge in [-0.05, 0) is 30.7 Å². The number of benzene rings is 1. The summed E-state index contributed by atoms with van der Waals surface area (Å²) < 4.78 is 0. The number of halogens is 1. The molecule has 0 saturated carbocycles. The molecule has 1 aromatic carbocycles. The van der Waals surface area contributed by atoms with Gasteiger partial charge in [-0.2, -0.15) is 5.26 Å². The molecular weight excluding hydrogens is 392 g/mol. The molecule has 0 aliphatic rings. The van der Waals surface area contributed by atoms with Crippen LogP contribution < -0.4 is 0 Å². The standard InChI is InChI=1S/C21H15ClN4OS/c1-2-16-15-10-17(18(27)14-7-4-8-24-19(14)22)28-21(15)26-20(25-16)13-6-3-5-12(9-13)11-23/h3-10,18,27H,2H2,1H3. The number of aliphatic hydroxyl groups excluding tert-OH is 1. The summed E-state index contributed by atoms with van der Waals surface area (Å²) in [7, 11) is 0. The van der Waals surface area contributed by atoms with E-state index < -0.39 is 6.10 Å². The maximum Gasteiger partial charge on any atom is 0.161 e. The van der Waals surface area contributed by atoms with Crippen LogP contribution in [0.2, 0.25) is 5.15 Å². The van der Waals surface area contributed by atoms with Gasteiger partial charge in [-0.3, -0.25) is 0 Å². The zero-order valence-corrected chi connectivity index (χ0v) is 16.5. The van der Waals surface area contributed by atoms with Crippen molar-refractivity contribution in [3.8, 4) is 17.5 Å². The number of rotatable bonds is 4. The molecule has 0 spiro atoms. The molecule has 0 fully saturated rings. The van der Waals surface area contributed by atoms with Gasteiger partial charge in [-0.15, -0.1) is 11.3 Å². The first-order valence-corrected chi connectivity index (χ1v) is 9.89. The molecule has 1 unspecified atom stereocenters. The number of fused-ring (bicyclic) bond motifs is 1. The van der Waals surface area contributed by atoms with Crippen LogP contribution in [0.4, 0.5) is 0 Å². The third-order valence-electron chi connectivity index (χ3n) is 4.43. The number of nitriles is 1.